The van der Waals surface area contributed by atoms with Gasteiger partial charge in [-0.05, 0) is 36.1 Å². The van der Waals surface area contributed by atoms with Crippen LogP contribution in [0.5, 0.6) is 5.75 Å². The van der Waals surface area contributed by atoms with Crippen LogP contribution in [-0.4, -0.2) is 11.7 Å². The lowest BCUT2D eigenvalue weighted by Gasteiger charge is -2.10. The largest absolute Gasteiger partial charge is 0.493 e. The van der Waals surface area contributed by atoms with Gasteiger partial charge in [0.1, 0.15) is 5.75 Å². The summed E-state index contributed by atoms with van der Waals surface area (Å²) in [5.41, 5.74) is 1.18. The molecule has 1 N–H and O–H groups in total. The van der Waals surface area contributed by atoms with Gasteiger partial charge in [0.2, 0.25) is 0 Å². The minimum Gasteiger partial charge on any atom is -0.493 e. The molecule has 1 unspecified atom stereocenters. The third-order valence-corrected chi connectivity index (χ3v) is 3.49. The van der Waals surface area contributed by atoms with Crippen LogP contribution in [0.25, 0.3) is 0 Å². The predicted octanol–water partition coefficient (Wildman–Crippen LogP) is 3.56. The maximum Gasteiger partial charge on any atom is 0.119 e. The minimum absolute atomic E-state index is 0.417. The van der Waals surface area contributed by atoms with Gasteiger partial charge in [-0.15, -0.1) is 11.3 Å². The van der Waals surface area contributed by atoms with Crippen molar-refractivity contribution in [2.75, 3.05) is 6.61 Å². The zero-order valence-electron chi connectivity index (χ0n) is 9.80. The molecule has 0 aliphatic heterocycles. The van der Waals surface area contributed by atoms with Crippen molar-refractivity contribution in [3.8, 4) is 5.75 Å². The van der Waals surface area contributed by atoms with Gasteiger partial charge in [-0.25, -0.2) is 0 Å². The lowest BCUT2D eigenvalue weighted by molar-refractivity contribution is 0.144. The van der Waals surface area contributed by atoms with Crippen LogP contribution in [0.2, 0.25) is 0 Å². The summed E-state index contributed by atoms with van der Waals surface area (Å²) in [6, 6.07) is 11.8. The van der Waals surface area contributed by atoms with Gasteiger partial charge in [0.25, 0.3) is 0 Å². The van der Waals surface area contributed by atoms with Crippen LogP contribution in [0, 0.1) is 6.92 Å². The molecule has 1 aromatic heterocycles. The molecule has 0 saturated carbocycles. The molecule has 0 saturated heterocycles. The number of rotatable bonds is 5. The molecule has 90 valence electrons. The standard InChI is InChI=1S/C14H16O2S/c1-11-4-2-5-12(10-11)16-8-7-13(15)14-6-3-9-17-14/h2-6,9-10,13,15H,7-8H2,1H3. The first-order valence-corrected chi connectivity index (χ1v) is 6.54. The van der Waals surface area contributed by atoms with Crippen molar-refractivity contribution in [1.29, 1.82) is 0 Å². The van der Waals surface area contributed by atoms with E-state index in [9.17, 15) is 5.11 Å². The van der Waals surface area contributed by atoms with E-state index in [0.717, 1.165) is 10.6 Å². The Labute approximate surface area is 105 Å². The summed E-state index contributed by atoms with van der Waals surface area (Å²) in [5.74, 6) is 0.864. The number of benzene rings is 1. The van der Waals surface area contributed by atoms with Gasteiger partial charge < -0.3 is 9.84 Å². The quantitative estimate of drug-likeness (QED) is 0.876. The van der Waals surface area contributed by atoms with E-state index in [2.05, 4.69) is 0 Å². The van der Waals surface area contributed by atoms with Crippen molar-refractivity contribution in [2.45, 2.75) is 19.4 Å². The monoisotopic (exact) mass is 248 g/mol. The van der Waals surface area contributed by atoms with Crippen molar-refractivity contribution in [3.63, 3.8) is 0 Å². The first-order valence-electron chi connectivity index (χ1n) is 5.66. The van der Waals surface area contributed by atoms with E-state index in [4.69, 9.17) is 4.74 Å². The first kappa shape index (κ1) is 12.1. The Hall–Kier alpha value is -1.32. The SMILES string of the molecule is Cc1cccc(OCCC(O)c2cccs2)c1. The fraction of sp³-hybridized carbons (Fsp3) is 0.286. The molecule has 0 amide bonds. The number of hydrogen-bond acceptors (Lipinski definition) is 3. The lowest BCUT2D eigenvalue weighted by Crippen LogP contribution is -2.04. The van der Waals surface area contributed by atoms with Crippen LogP contribution in [0.1, 0.15) is 23.0 Å². The Morgan fingerprint density at radius 2 is 2.18 bits per heavy atom. The number of aliphatic hydroxyl groups excluding tert-OH is 1. The first-order chi connectivity index (χ1) is 8.25. The maximum absolute atomic E-state index is 9.87. The molecule has 0 aliphatic rings. The molecule has 0 radical (unpaired) electrons. The second-order valence-electron chi connectivity index (χ2n) is 3.98. The molecule has 0 aliphatic carbocycles. The number of ether oxygens (including phenoxy) is 1. The fourth-order valence-electron chi connectivity index (χ4n) is 1.62. The van der Waals surface area contributed by atoms with Crippen LogP contribution in [0.3, 0.4) is 0 Å². The smallest absolute Gasteiger partial charge is 0.119 e. The van der Waals surface area contributed by atoms with E-state index in [1.54, 1.807) is 11.3 Å². The molecule has 0 bridgehead atoms. The fourth-order valence-corrected chi connectivity index (χ4v) is 2.36. The van der Waals surface area contributed by atoms with Crippen molar-refractivity contribution in [1.82, 2.24) is 0 Å². The van der Waals surface area contributed by atoms with Gasteiger partial charge in [0.05, 0.1) is 12.7 Å². The normalized spacial score (nSPS) is 12.4. The van der Waals surface area contributed by atoms with Crippen LogP contribution in [0.15, 0.2) is 41.8 Å². The van der Waals surface area contributed by atoms with Crippen LogP contribution >= 0.6 is 11.3 Å². The summed E-state index contributed by atoms with van der Waals surface area (Å²) >= 11 is 1.57. The van der Waals surface area contributed by atoms with Crippen LogP contribution in [-0.2, 0) is 0 Å². The Morgan fingerprint density at radius 1 is 1.29 bits per heavy atom. The molecule has 2 rings (SSSR count). The van der Waals surface area contributed by atoms with Gasteiger partial charge in [-0.3, -0.25) is 0 Å². The highest BCUT2D eigenvalue weighted by Gasteiger charge is 2.08. The number of aliphatic hydroxyl groups is 1. The number of hydrogen-bond donors (Lipinski definition) is 1. The van der Waals surface area contributed by atoms with Crippen molar-refractivity contribution >= 4 is 11.3 Å². The summed E-state index contributed by atoms with van der Waals surface area (Å²) in [6.45, 7) is 2.57. The second-order valence-corrected chi connectivity index (χ2v) is 4.96. The van der Waals surface area contributed by atoms with Crippen molar-refractivity contribution in [3.05, 3.63) is 52.2 Å². The Balaban J connectivity index is 1.80. The Bertz CT molecular complexity index is 451. The van der Waals surface area contributed by atoms with E-state index in [0.29, 0.717) is 13.0 Å². The van der Waals surface area contributed by atoms with Crippen molar-refractivity contribution in [2.24, 2.45) is 0 Å². The predicted molar refractivity (Wildman–Crippen MR) is 70.6 cm³/mol. The molecule has 1 aromatic carbocycles. The molecule has 0 spiro atoms. The molecule has 1 heterocycles. The highest BCUT2D eigenvalue weighted by Crippen LogP contribution is 2.22. The molecule has 2 nitrogen and oxygen atoms in total. The van der Waals surface area contributed by atoms with E-state index >= 15 is 0 Å². The number of thiophene rings is 1. The molecule has 0 fully saturated rings. The summed E-state index contributed by atoms with van der Waals surface area (Å²) < 4.78 is 5.60. The maximum atomic E-state index is 9.87. The van der Waals surface area contributed by atoms with E-state index < -0.39 is 6.10 Å². The topological polar surface area (TPSA) is 29.5 Å². The van der Waals surface area contributed by atoms with Gasteiger partial charge in [-0.2, -0.15) is 0 Å². The third-order valence-electron chi connectivity index (χ3n) is 2.52. The lowest BCUT2D eigenvalue weighted by atomic mass is 10.2. The average Bonchev–Trinajstić information content (AvgIpc) is 2.82. The van der Waals surface area contributed by atoms with Gasteiger partial charge in [0, 0.05) is 11.3 Å². The van der Waals surface area contributed by atoms with E-state index in [1.807, 2.05) is 48.7 Å². The number of aryl methyl sites for hydroxylation is 1. The summed E-state index contributed by atoms with van der Waals surface area (Å²) in [6.07, 6.45) is 0.203. The highest BCUT2D eigenvalue weighted by molar-refractivity contribution is 7.10. The minimum atomic E-state index is -0.417. The molecule has 17 heavy (non-hydrogen) atoms. The highest BCUT2D eigenvalue weighted by atomic mass is 32.1. The van der Waals surface area contributed by atoms with Crippen LogP contribution < -0.4 is 4.74 Å². The zero-order chi connectivity index (χ0) is 12.1. The Kier molecular flexibility index (Phi) is 4.18. The summed E-state index contributed by atoms with van der Waals surface area (Å²) in [4.78, 5) is 0.998. The van der Waals surface area contributed by atoms with Crippen LogP contribution in [0.4, 0.5) is 0 Å². The molecule has 2 aromatic rings. The van der Waals surface area contributed by atoms with E-state index in [1.165, 1.54) is 5.56 Å². The third kappa shape index (κ3) is 3.58. The summed E-state index contributed by atoms with van der Waals surface area (Å²) in [7, 11) is 0. The van der Waals surface area contributed by atoms with Gasteiger partial charge >= 0.3 is 0 Å². The van der Waals surface area contributed by atoms with Crippen molar-refractivity contribution < 1.29 is 9.84 Å². The van der Waals surface area contributed by atoms with E-state index in [-0.39, 0.29) is 0 Å². The van der Waals surface area contributed by atoms with Gasteiger partial charge in [0.15, 0.2) is 0 Å². The second kappa shape index (κ2) is 5.84. The van der Waals surface area contributed by atoms with Gasteiger partial charge in [-0.1, -0.05) is 18.2 Å². The molecule has 1 atom stereocenters. The molecule has 3 heteroatoms. The average molecular weight is 248 g/mol. The zero-order valence-corrected chi connectivity index (χ0v) is 10.6. The molecular weight excluding hydrogens is 232 g/mol. The Morgan fingerprint density at radius 3 is 2.88 bits per heavy atom. The molecular formula is C14H16O2S. The summed E-state index contributed by atoms with van der Waals surface area (Å²) in [5, 5.41) is 11.8.